The van der Waals surface area contributed by atoms with E-state index >= 15 is 0 Å². The fourth-order valence-corrected chi connectivity index (χ4v) is 3.35. The Balaban J connectivity index is 1.75. The van der Waals surface area contributed by atoms with Crippen LogP contribution >= 0.6 is 8.40 Å². The summed E-state index contributed by atoms with van der Waals surface area (Å²) in [6, 6.07) is 16.5. The zero-order valence-electron chi connectivity index (χ0n) is 13.8. The van der Waals surface area contributed by atoms with E-state index in [9.17, 15) is 4.79 Å². The highest BCUT2D eigenvalue weighted by Gasteiger charge is 2.28. The van der Waals surface area contributed by atoms with Gasteiger partial charge in [0, 0.05) is 7.20 Å². The summed E-state index contributed by atoms with van der Waals surface area (Å²) < 4.78 is 13.3. The van der Waals surface area contributed by atoms with Gasteiger partial charge in [-0.25, -0.2) is 0 Å². The molecule has 1 aliphatic carbocycles. The molecule has 2 aromatic rings. The Morgan fingerprint density at radius 3 is 2.27 bits per heavy atom. The van der Waals surface area contributed by atoms with E-state index in [2.05, 4.69) is 24.3 Å². The molecule has 0 aromatic heterocycles. The number of ether oxygens (including phenoxy) is 1. The topological polar surface area (TPSA) is 26.3 Å². The molecule has 0 bridgehead atoms. The largest absolute Gasteiger partial charge is 0.473 e. The molecule has 111 valence electrons. The van der Waals surface area contributed by atoms with Crippen molar-refractivity contribution in [2.75, 3.05) is 6.61 Å². The molecule has 2 nitrogen and oxygen atoms in total. The standard InChI is InChI=1S/C18H19BO2P/c1-12(2)22-19-18(20)21-11-17-15-9-5-3-7-13(15)14-8-4-6-10-16(14)17/h3-10,12,17,22H,11H2,1-2H3/i22D. The Kier molecular flexibility index (Phi) is 4.25. The average molecular weight is 310 g/mol. The highest BCUT2D eigenvalue weighted by Crippen LogP contribution is 2.44. The minimum atomic E-state index is -1.16. The fraction of sp³-hybridized carbons (Fsp3) is 0.278. The number of rotatable bonds is 5. The van der Waals surface area contributed by atoms with Crippen LogP contribution in [0.3, 0.4) is 0 Å². The van der Waals surface area contributed by atoms with Crippen LogP contribution in [0.2, 0.25) is 0 Å². The quantitative estimate of drug-likeness (QED) is 0.594. The molecule has 1 unspecified atom stereocenters. The summed E-state index contributed by atoms with van der Waals surface area (Å²) in [5.74, 6) is -0.294. The van der Waals surface area contributed by atoms with Gasteiger partial charge in [0.05, 0.1) is 0 Å². The monoisotopic (exact) mass is 310 g/mol. The second-order valence-electron chi connectivity index (χ2n) is 5.73. The van der Waals surface area contributed by atoms with Crippen molar-refractivity contribution in [1.29, 1.82) is 1.28 Å². The van der Waals surface area contributed by atoms with Crippen LogP contribution in [0.15, 0.2) is 48.5 Å². The third-order valence-corrected chi connectivity index (χ3v) is 4.79. The molecule has 0 amide bonds. The summed E-state index contributed by atoms with van der Waals surface area (Å²) in [6.45, 7) is 5.65. The van der Waals surface area contributed by atoms with Crippen molar-refractivity contribution < 1.29 is 9.53 Å². The summed E-state index contributed by atoms with van der Waals surface area (Å²) >= 11 is 0. The van der Waals surface area contributed by atoms with Gasteiger partial charge < -0.3 is 4.74 Å². The van der Waals surface area contributed by atoms with Crippen LogP contribution in [0.4, 0.5) is 4.79 Å². The summed E-state index contributed by atoms with van der Waals surface area (Å²) in [4.78, 5) is 12.0. The molecule has 0 aliphatic heterocycles. The van der Waals surface area contributed by atoms with Crippen molar-refractivity contribution in [2.24, 2.45) is 0 Å². The number of fused-ring (bicyclic) bond motifs is 3. The third kappa shape index (κ3) is 3.10. The number of hydrogen-bond acceptors (Lipinski definition) is 2. The van der Waals surface area contributed by atoms with Crippen molar-refractivity contribution in [1.82, 2.24) is 0 Å². The minimum absolute atomic E-state index is 0.0794. The predicted molar refractivity (Wildman–Crippen MR) is 94.3 cm³/mol. The van der Waals surface area contributed by atoms with Gasteiger partial charge >= 0.3 is 0 Å². The van der Waals surface area contributed by atoms with Crippen LogP contribution in [0.25, 0.3) is 11.1 Å². The maximum Gasteiger partial charge on any atom is 0.291 e. The lowest BCUT2D eigenvalue weighted by molar-refractivity contribution is 0.169. The van der Waals surface area contributed by atoms with Gasteiger partial charge in [0.15, 0.2) is 0 Å². The number of benzene rings is 2. The van der Waals surface area contributed by atoms with Crippen LogP contribution in [-0.2, 0) is 4.74 Å². The molecule has 2 aromatic carbocycles. The summed E-state index contributed by atoms with van der Waals surface area (Å²) in [7, 11) is -1.16. The summed E-state index contributed by atoms with van der Waals surface area (Å²) in [6.07, 6.45) is 0. The SMILES string of the molecule is [2H]P([B]C(=O)OCC1c2ccccc2-c2ccccc21)C(C)C. The van der Waals surface area contributed by atoms with Crippen molar-refractivity contribution in [3.8, 4) is 11.1 Å². The lowest BCUT2D eigenvalue weighted by Gasteiger charge is -2.14. The van der Waals surface area contributed by atoms with Gasteiger partial charge in [-0.2, -0.15) is 0 Å². The normalized spacial score (nSPS) is 15.0. The van der Waals surface area contributed by atoms with Gasteiger partial charge in [-0.1, -0.05) is 62.4 Å². The molecule has 0 heterocycles. The predicted octanol–water partition coefficient (Wildman–Crippen LogP) is 4.64. The molecular formula is C18H19BO2P. The van der Waals surface area contributed by atoms with Crippen molar-refractivity contribution in [3.05, 3.63) is 59.7 Å². The second-order valence-corrected chi connectivity index (χ2v) is 7.32. The van der Waals surface area contributed by atoms with E-state index < -0.39 is 8.40 Å². The van der Waals surface area contributed by atoms with Gasteiger partial charge in [0.1, 0.15) is 6.61 Å². The van der Waals surface area contributed by atoms with Crippen LogP contribution < -0.4 is 0 Å². The first kappa shape index (κ1) is 14.0. The van der Waals surface area contributed by atoms with Crippen molar-refractivity contribution in [2.45, 2.75) is 25.4 Å². The van der Waals surface area contributed by atoms with Crippen LogP contribution in [-0.4, -0.2) is 26.4 Å². The Labute approximate surface area is 135 Å². The van der Waals surface area contributed by atoms with Gasteiger partial charge in [0.25, 0.3) is 12.9 Å². The first-order valence-electron chi connectivity index (χ1n) is 7.99. The Morgan fingerprint density at radius 2 is 1.73 bits per heavy atom. The lowest BCUT2D eigenvalue weighted by atomic mass is 9.98. The van der Waals surface area contributed by atoms with E-state index in [0.29, 0.717) is 6.61 Å². The molecular weight excluding hydrogens is 290 g/mol. The molecule has 0 N–H and O–H groups in total. The highest BCUT2D eigenvalue weighted by molar-refractivity contribution is 7.76. The van der Waals surface area contributed by atoms with Gasteiger partial charge in [0.2, 0.25) is 0 Å². The molecule has 0 spiro atoms. The minimum Gasteiger partial charge on any atom is -0.473 e. The van der Waals surface area contributed by atoms with Crippen molar-refractivity contribution >= 4 is 21.3 Å². The Morgan fingerprint density at radius 1 is 1.18 bits per heavy atom. The van der Waals surface area contributed by atoms with E-state index in [1.165, 1.54) is 29.3 Å². The fourth-order valence-electron chi connectivity index (χ4n) is 2.85. The molecule has 1 radical (unpaired) electrons. The Bertz CT molecular complexity index is 674. The molecule has 4 heteroatoms. The van der Waals surface area contributed by atoms with E-state index in [0.717, 1.165) is 0 Å². The first-order valence-corrected chi connectivity index (χ1v) is 8.58. The number of carbonyl (C=O) groups is 1. The zero-order valence-corrected chi connectivity index (χ0v) is 13.7. The maximum atomic E-state index is 12.0. The van der Waals surface area contributed by atoms with Gasteiger partial charge in [-0.3, -0.25) is 4.79 Å². The second kappa shape index (κ2) is 6.66. The third-order valence-electron chi connectivity index (χ3n) is 3.83. The summed E-state index contributed by atoms with van der Waals surface area (Å²) in [5.41, 5.74) is 5.03. The first-order chi connectivity index (χ1) is 11.1. The van der Waals surface area contributed by atoms with Crippen LogP contribution in [0.1, 0.15) is 30.9 Å². The lowest BCUT2D eigenvalue weighted by Crippen LogP contribution is -2.15. The Hall–Kier alpha value is -1.60. The zero-order chi connectivity index (χ0) is 16.4. The highest BCUT2D eigenvalue weighted by atomic mass is 31.1. The van der Waals surface area contributed by atoms with E-state index in [-0.39, 0.29) is 17.4 Å². The van der Waals surface area contributed by atoms with Gasteiger partial charge in [-0.15, -0.1) is 8.40 Å². The molecule has 22 heavy (non-hydrogen) atoms. The molecule has 1 aliphatic rings. The van der Waals surface area contributed by atoms with E-state index in [1.54, 1.807) is 0 Å². The van der Waals surface area contributed by atoms with E-state index in [4.69, 9.17) is 6.02 Å². The number of carbonyl (C=O) groups excluding carboxylic acids is 1. The smallest absolute Gasteiger partial charge is 0.291 e. The molecule has 0 fully saturated rings. The van der Waals surface area contributed by atoms with Crippen LogP contribution in [0, 0.1) is 0 Å². The number of hydrogen-bond donors (Lipinski definition) is 0. The molecule has 0 saturated carbocycles. The van der Waals surface area contributed by atoms with Gasteiger partial charge in [-0.05, 0) is 27.9 Å². The molecule has 0 saturated heterocycles. The van der Waals surface area contributed by atoms with E-state index in [1.807, 2.05) is 38.1 Å². The van der Waals surface area contributed by atoms with Crippen LogP contribution in [0.5, 0.6) is 0 Å². The maximum absolute atomic E-state index is 12.0. The molecule has 3 rings (SSSR count). The average Bonchev–Trinajstić information content (AvgIpc) is 2.87. The summed E-state index contributed by atoms with van der Waals surface area (Å²) in [5, 5.41) is 0. The van der Waals surface area contributed by atoms with Crippen molar-refractivity contribution in [3.63, 3.8) is 0 Å². The molecule has 1 atom stereocenters.